The van der Waals surface area contributed by atoms with Gasteiger partial charge in [0.25, 0.3) is 0 Å². The van der Waals surface area contributed by atoms with Crippen LogP contribution in [-0.2, 0) is 0 Å². The van der Waals surface area contributed by atoms with Crippen molar-refractivity contribution in [2.75, 3.05) is 11.9 Å². The van der Waals surface area contributed by atoms with Crippen LogP contribution >= 0.6 is 11.6 Å². The van der Waals surface area contributed by atoms with Crippen molar-refractivity contribution in [3.05, 3.63) is 29.0 Å². The van der Waals surface area contributed by atoms with Gasteiger partial charge in [0.15, 0.2) is 0 Å². The molecule has 2 nitrogen and oxygen atoms in total. The molecule has 0 spiro atoms. The van der Waals surface area contributed by atoms with Gasteiger partial charge in [-0.15, -0.1) is 0 Å². The molecule has 0 aliphatic heterocycles. The topological polar surface area (TPSA) is 27.0 Å². The summed E-state index contributed by atoms with van der Waals surface area (Å²) in [5, 5.41) is 8.76. The Kier molecular flexibility index (Phi) is 3.32. The number of anilines is 1. The van der Waals surface area contributed by atoms with Crippen LogP contribution in [0.1, 0.15) is 6.92 Å². The number of benzene rings is 1. The smallest absolute Gasteiger partial charge is 0.141 e. The minimum Gasteiger partial charge on any atom is -0.359 e. The largest absolute Gasteiger partial charge is 0.359 e. The van der Waals surface area contributed by atoms with Crippen LogP contribution in [0.25, 0.3) is 0 Å². The Labute approximate surface area is 87.5 Å². The first-order valence-electron chi connectivity index (χ1n) is 4.13. The van der Waals surface area contributed by atoms with E-state index >= 15 is 0 Å². The normalized spacial score (nSPS) is 11.9. The van der Waals surface area contributed by atoms with Crippen LogP contribution in [0.2, 0.25) is 5.02 Å². The van der Waals surface area contributed by atoms with Crippen molar-refractivity contribution < 1.29 is 4.39 Å². The third-order valence-electron chi connectivity index (χ3n) is 2.08. The zero-order valence-electron chi connectivity index (χ0n) is 7.96. The number of hydrogen-bond acceptors (Lipinski definition) is 2. The average molecular weight is 213 g/mol. The maximum absolute atomic E-state index is 12.8. The van der Waals surface area contributed by atoms with Gasteiger partial charge in [-0.25, -0.2) is 4.39 Å². The maximum Gasteiger partial charge on any atom is 0.141 e. The van der Waals surface area contributed by atoms with Gasteiger partial charge in [-0.2, -0.15) is 5.26 Å². The summed E-state index contributed by atoms with van der Waals surface area (Å²) < 4.78 is 12.8. The summed E-state index contributed by atoms with van der Waals surface area (Å²) in [5.74, 6) is -0.451. The molecular weight excluding hydrogens is 203 g/mol. The molecule has 1 unspecified atom stereocenters. The Morgan fingerprint density at radius 3 is 2.71 bits per heavy atom. The number of nitriles is 1. The highest BCUT2D eigenvalue weighted by molar-refractivity contribution is 6.31. The first-order chi connectivity index (χ1) is 6.56. The molecular formula is C10H10ClFN2. The zero-order valence-corrected chi connectivity index (χ0v) is 8.72. The zero-order chi connectivity index (χ0) is 10.7. The molecule has 1 aromatic rings. The lowest BCUT2D eigenvalue weighted by molar-refractivity contribution is 0.628. The predicted octanol–water partition coefficient (Wildman–Crippen LogP) is 2.83. The molecule has 0 aliphatic rings. The molecule has 0 saturated carbocycles. The minimum absolute atomic E-state index is 0.0690. The van der Waals surface area contributed by atoms with E-state index in [1.54, 1.807) is 24.9 Å². The summed E-state index contributed by atoms with van der Waals surface area (Å²) in [7, 11) is 1.76. The van der Waals surface area contributed by atoms with Crippen molar-refractivity contribution in [1.82, 2.24) is 0 Å². The highest BCUT2D eigenvalue weighted by Gasteiger charge is 2.10. The second kappa shape index (κ2) is 4.30. The molecule has 0 amide bonds. The van der Waals surface area contributed by atoms with E-state index in [0.717, 1.165) is 5.69 Å². The second-order valence-corrected chi connectivity index (χ2v) is 3.42. The van der Waals surface area contributed by atoms with Crippen LogP contribution in [0, 0.1) is 17.1 Å². The summed E-state index contributed by atoms with van der Waals surface area (Å²) in [6, 6.07) is 6.21. The van der Waals surface area contributed by atoms with Crippen LogP contribution in [0.15, 0.2) is 18.2 Å². The van der Waals surface area contributed by atoms with Crippen LogP contribution in [0.5, 0.6) is 0 Å². The Bertz CT molecular complexity index is 373. The monoisotopic (exact) mass is 212 g/mol. The highest BCUT2D eigenvalue weighted by atomic mass is 35.5. The predicted molar refractivity (Wildman–Crippen MR) is 54.9 cm³/mol. The van der Waals surface area contributed by atoms with Crippen LogP contribution < -0.4 is 4.90 Å². The van der Waals surface area contributed by atoms with Crippen molar-refractivity contribution in [2.45, 2.75) is 13.0 Å². The molecule has 0 aliphatic carbocycles. The molecule has 0 bridgehead atoms. The summed E-state index contributed by atoms with van der Waals surface area (Å²) >= 11 is 5.62. The molecule has 0 N–H and O–H groups in total. The average Bonchev–Trinajstić information content (AvgIpc) is 2.20. The first-order valence-corrected chi connectivity index (χ1v) is 4.51. The SMILES string of the molecule is CC(C#N)N(C)c1ccc(F)c(Cl)c1. The lowest BCUT2D eigenvalue weighted by Gasteiger charge is -2.21. The van der Waals surface area contributed by atoms with Crippen LogP contribution in [0.3, 0.4) is 0 Å². The molecule has 0 aromatic heterocycles. The third-order valence-corrected chi connectivity index (χ3v) is 2.37. The number of halogens is 2. The molecule has 0 saturated heterocycles. The molecule has 4 heteroatoms. The van der Waals surface area contributed by atoms with Crippen molar-refractivity contribution in [1.29, 1.82) is 5.26 Å². The Hall–Kier alpha value is -1.27. The van der Waals surface area contributed by atoms with Crippen molar-refractivity contribution in [2.24, 2.45) is 0 Å². The summed E-state index contributed by atoms with van der Waals surface area (Å²) in [4.78, 5) is 1.73. The molecule has 1 atom stereocenters. The van der Waals surface area contributed by atoms with Gasteiger partial charge in [0.2, 0.25) is 0 Å². The van der Waals surface area contributed by atoms with E-state index in [9.17, 15) is 4.39 Å². The van der Waals surface area contributed by atoms with Gasteiger partial charge in [0, 0.05) is 12.7 Å². The minimum atomic E-state index is -0.451. The fraction of sp³-hybridized carbons (Fsp3) is 0.300. The van der Waals surface area contributed by atoms with E-state index < -0.39 is 5.82 Å². The summed E-state index contributed by atoms with van der Waals surface area (Å²) in [6.07, 6.45) is 0. The Morgan fingerprint density at radius 1 is 1.57 bits per heavy atom. The van der Waals surface area contributed by atoms with E-state index in [4.69, 9.17) is 16.9 Å². The molecule has 0 radical (unpaired) electrons. The van der Waals surface area contributed by atoms with Crippen LogP contribution in [0.4, 0.5) is 10.1 Å². The van der Waals surface area contributed by atoms with Crippen LogP contribution in [-0.4, -0.2) is 13.1 Å². The highest BCUT2D eigenvalue weighted by Crippen LogP contribution is 2.22. The van der Waals surface area contributed by atoms with E-state index in [-0.39, 0.29) is 11.1 Å². The molecule has 1 aromatic carbocycles. The van der Waals surface area contributed by atoms with Gasteiger partial charge in [-0.1, -0.05) is 11.6 Å². The van der Waals surface area contributed by atoms with Gasteiger partial charge in [0.05, 0.1) is 11.1 Å². The van der Waals surface area contributed by atoms with Gasteiger partial charge in [-0.05, 0) is 25.1 Å². The van der Waals surface area contributed by atoms with Gasteiger partial charge in [-0.3, -0.25) is 0 Å². The first kappa shape index (κ1) is 10.8. The Morgan fingerprint density at radius 2 is 2.21 bits per heavy atom. The lowest BCUT2D eigenvalue weighted by atomic mass is 10.2. The van der Waals surface area contributed by atoms with E-state index in [1.165, 1.54) is 12.1 Å². The number of nitrogens with zero attached hydrogens (tertiary/aromatic N) is 2. The molecule has 0 heterocycles. The van der Waals surface area contributed by atoms with Crippen molar-refractivity contribution in [3.8, 4) is 6.07 Å². The standard InChI is InChI=1S/C10H10ClFN2/c1-7(6-13)14(2)8-3-4-10(12)9(11)5-8/h3-5,7H,1-2H3. The fourth-order valence-electron chi connectivity index (χ4n) is 1.01. The Balaban J connectivity index is 2.98. The maximum atomic E-state index is 12.8. The molecule has 74 valence electrons. The van der Waals surface area contributed by atoms with E-state index in [1.807, 2.05) is 0 Å². The van der Waals surface area contributed by atoms with Crippen molar-refractivity contribution >= 4 is 17.3 Å². The molecule has 0 fully saturated rings. The summed E-state index contributed by atoms with van der Waals surface area (Å²) in [6.45, 7) is 1.76. The van der Waals surface area contributed by atoms with Crippen molar-refractivity contribution in [3.63, 3.8) is 0 Å². The fourth-order valence-corrected chi connectivity index (χ4v) is 1.19. The second-order valence-electron chi connectivity index (χ2n) is 3.01. The number of rotatable bonds is 2. The van der Waals surface area contributed by atoms with E-state index in [0.29, 0.717) is 0 Å². The van der Waals surface area contributed by atoms with Gasteiger partial charge < -0.3 is 4.90 Å². The quantitative estimate of drug-likeness (QED) is 0.754. The molecule has 14 heavy (non-hydrogen) atoms. The third kappa shape index (κ3) is 2.15. The number of hydrogen-bond donors (Lipinski definition) is 0. The summed E-state index contributed by atoms with van der Waals surface area (Å²) in [5.41, 5.74) is 0.727. The van der Waals surface area contributed by atoms with E-state index in [2.05, 4.69) is 6.07 Å². The van der Waals surface area contributed by atoms with Gasteiger partial charge >= 0.3 is 0 Å². The lowest BCUT2D eigenvalue weighted by Crippen LogP contribution is -2.27. The molecule has 1 rings (SSSR count). The van der Waals surface area contributed by atoms with Gasteiger partial charge in [0.1, 0.15) is 11.9 Å².